The number of aromatic nitrogens is 1. The van der Waals surface area contributed by atoms with Gasteiger partial charge in [0, 0.05) is 13.0 Å². The number of rotatable bonds is 1. The Kier molecular flexibility index (Phi) is 2.40. The van der Waals surface area contributed by atoms with E-state index in [9.17, 15) is 4.79 Å². The van der Waals surface area contributed by atoms with E-state index in [1.165, 1.54) is 4.70 Å². The van der Waals surface area contributed by atoms with Crippen molar-refractivity contribution < 1.29 is 4.79 Å². The van der Waals surface area contributed by atoms with Crippen LogP contribution in [0.15, 0.2) is 29.3 Å². The number of thiazole rings is 1. The molecule has 0 unspecified atom stereocenters. The third kappa shape index (κ3) is 1.82. The van der Waals surface area contributed by atoms with Crippen LogP contribution in [-0.4, -0.2) is 10.5 Å². The van der Waals surface area contributed by atoms with Crippen LogP contribution in [0.1, 0.15) is 13.3 Å². The molecule has 1 fully saturated rings. The van der Waals surface area contributed by atoms with Crippen LogP contribution in [0.25, 0.3) is 10.2 Å². The van der Waals surface area contributed by atoms with Gasteiger partial charge in [-0.3, -0.25) is 4.79 Å². The van der Waals surface area contributed by atoms with E-state index in [0.29, 0.717) is 5.92 Å². The molecule has 1 aliphatic carbocycles. The standard InChI is InChI=1S/C13H14N2OS/c1-8-7-9(8)12(16)14-13-15(2)10-5-3-4-6-11(10)17-13/h3-6,8-9H,7H2,1-2H3/t8-,9-/m0/s1. The number of hydrogen-bond acceptors (Lipinski definition) is 2. The minimum absolute atomic E-state index is 0.0413. The van der Waals surface area contributed by atoms with E-state index in [2.05, 4.69) is 24.0 Å². The van der Waals surface area contributed by atoms with Crippen molar-refractivity contribution >= 4 is 27.5 Å². The van der Waals surface area contributed by atoms with E-state index >= 15 is 0 Å². The van der Waals surface area contributed by atoms with Crippen molar-refractivity contribution in [1.82, 2.24) is 4.57 Å². The summed E-state index contributed by atoms with van der Waals surface area (Å²) in [5.41, 5.74) is 1.13. The van der Waals surface area contributed by atoms with Gasteiger partial charge in [0.25, 0.3) is 5.91 Å². The Labute approximate surface area is 103 Å². The second-order valence-electron chi connectivity index (χ2n) is 4.68. The number of hydrogen-bond donors (Lipinski definition) is 0. The third-order valence-electron chi connectivity index (χ3n) is 3.35. The topological polar surface area (TPSA) is 34.4 Å². The van der Waals surface area contributed by atoms with Crippen LogP contribution in [0.2, 0.25) is 0 Å². The van der Waals surface area contributed by atoms with Gasteiger partial charge in [-0.25, -0.2) is 0 Å². The molecular weight excluding hydrogens is 232 g/mol. The lowest BCUT2D eigenvalue weighted by molar-refractivity contribution is -0.119. The predicted molar refractivity (Wildman–Crippen MR) is 68.6 cm³/mol. The first-order chi connectivity index (χ1) is 8.16. The van der Waals surface area contributed by atoms with Gasteiger partial charge in [-0.15, -0.1) is 0 Å². The SMILES string of the molecule is C[C@H]1C[C@@H]1C(=O)N=c1sc2ccccc2n1C. The average molecular weight is 246 g/mol. The largest absolute Gasteiger partial charge is 0.319 e. The van der Waals surface area contributed by atoms with Crippen molar-refractivity contribution in [2.45, 2.75) is 13.3 Å². The maximum Gasteiger partial charge on any atom is 0.251 e. The Balaban J connectivity index is 2.08. The van der Waals surface area contributed by atoms with Crippen LogP contribution < -0.4 is 4.80 Å². The Morgan fingerprint density at radius 2 is 2.18 bits per heavy atom. The number of fused-ring (bicyclic) bond motifs is 1. The zero-order chi connectivity index (χ0) is 12.0. The van der Waals surface area contributed by atoms with Crippen LogP contribution in [0.5, 0.6) is 0 Å². The average Bonchev–Trinajstić information content (AvgIpc) is 2.97. The first kappa shape index (κ1) is 10.7. The molecule has 0 bridgehead atoms. The van der Waals surface area contributed by atoms with E-state index < -0.39 is 0 Å². The summed E-state index contributed by atoms with van der Waals surface area (Å²) in [5.74, 6) is 0.728. The number of para-hydroxylation sites is 1. The molecule has 88 valence electrons. The Morgan fingerprint density at radius 1 is 1.47 bits per heavy atom. The fraction of sp³-hybridized carbons (Fsp3) is 0.385. The lowest BCUT2D eigenvalue weighted by atomic mass is 10.3. The maximum atomic E-state index is 11.8. The van der Waals surface area contributed by atoms with Gasteiger partial charge < -0.3 is 4.57 Å². The molecule has 3 nitrogen and oxygen atoms in total. The first-order valence-electron chi connectivity index (χ1n) is 5.80. The second-order valence-corrected chi connectivity index (χ2v) is 5.69. The normalized spacial score (nSPS) is 24.2. The molecule has 1 aliphatic rings. The third-order valence-corrected chi connectivity index (χ3v) is 4.46. The number of amides is 1. The fourth-order valence-corrected chi connectivity index (χ4v) is 3.06. The summed E-state index contributed by atoms with van der Waals surface area (Å²) in [6, 6.07) is 8.12. The van der Waals surface area contributed by atoms with Crippen LogP contribution in [0.3, 0.4) is 0 Å². The zero-order valence-electron chi connectivity index (χ0n) is 9.88. The molecule has 1 saturated carbocycles. The highest BCUT2D eigenvalue weighted by atomic mass is 32.1. The number of aryl methyl sites for hydroxylation is 1. The highest BCUT2D eigenvalue weighted by Gasteiger charge is 2.39. The summed E-state index contributed by atoms with van der Waals surface area (Å²) in [7, 11) is 1.96. The molecule has 1 aromatic heterocycles. The number of carbonyl (C=O) groups excluding carboxylic acids is 1. The predicted octanol–water partition coefficient (Wildman–Crippen LogP) is 2.32. The number of nitrogens with zero attached hydrogens (tertiary/aromatic N) is 2. The summed E-state index contributed by atoms with van der Waals surface area (Å²) < 4.78 is 3.16. The van der Waals surface area contributed by atoms with Gasteiger partial charge in [-0.2, -0.15) is 4.99 Å². The van der Waals surface area contributed by atoms with E-state index in [4.69, 9.17) is 0 Å². The lowest BCUT2D eigenvalue weighted by Gasteiger charge is -1.93. The maximum absolute atomic E-state index is 11.8. The van der Waals surface area contributed by atoms with E-state index in [1.54, 1.807) is 11.3 Å². The molecule has 1 amide bonds. The van der Waals surface area contributed by atoms with Crippen molar-refractivity contribution in [2.24, 2.45) is 23.9 Å². The molecule has 0 aliphatic heterocycles. The van der Waals surface area contributed by atoms with E-state index in [1.807, 2.05) is 23.7 Å². The van der Waals surface area contributed by atoms with E-state index in [-0.39, 0.29) is 11.8 Å². The number of carbonyl (C=O) groups is 1. The van der Waals surface area contributed by atoms with Gasteiger partial charge in [0.1, 0.15) is 0 Å². The van der Waals surface area contributed by atoms with Crippen LogP contribution in [-0.2, 0) is 11.8 Å². The second kappa shape index (κ2) is 3.81. The van der Waals surface area contributed by atoms with Crippen molar-refractivity contribution in [1.29, 1.82) is 0 Å². The Morgan fingerprint density at radius 3 is 2.82 bits per heavy atom. The van der Waals surface area contributed by atoms with Crippen LogP contribution >= 0.6 is 11.3 Å². The molecule has 1 aromatic carbocycles. The molecular formula is C13H14N2OS. The molecule has 3 rings (SSSR count). The molecule has 2 aromatic rings. The molecule has 0 N–H and O–H groups in total. The molecule has 4 heteroatoms. The smallest absolute Gasteiger partial charge is 0.251 e. The molecule has 0 saturated heterocycles. The van der Waals surface area contributed by atoms with Crippen LogP contribution in [0.4, 0.5) is 0 Å². The number of benzene rings is 1. The molecule has 0 radical (unpaired) electrons. The fourth-order valence-electron chi connectivity index (χ4n) is 2.03. The van der Waals surface area contributed by atoms with Gasteiger partial charge in [-0.1, -0.05) is 30.4 Å². The summed E-state index contributed by atoms with van der Waals surface area (Å²) in [6.45, 7) is 2.10. The van der Waals surface area contributed by atoms with Crippen molar-refractivity contribution in [2.75, 3.05) is 0 Å². The monoisotopic (exact) mass is 246 g/mol. The molecule has 2 atom stereocenters. The molecule has 1 heterocycles. The molecule has 17 heavy (non-hydrogen) atoms. The van der Waals surface area contributed by atoms with Crippen LogP contribution in [0, 0.1) is 11.8 Å². The van der Waals surface area contributed by atoms with Gasteiger partial charge in [0.05, 0.1) is 10.2 Å². The Hall–Kier alpha value is -1.42. The van der Waals surface area contributed by atoms with Gasteiger partial charge >= 0.3 is 0 Å². The minimum atomic E-state index is 0.0413. The highest BCUT2D eigenvalue weighted by molar-refractivity contribution is 7.16. The highest BCUT2D eigenvalue weighted by Crippen LogP contribution is 2.38. The summed E-state index contributed by atoms with van der Waals surface area (Å²) in [6.07, 6.45) is 0.997. The zero-order valence-corrected chi connectivity index (χ0v) is 10.7. The van der Waals surface area contributed by atoms with Gasteiger partial charge in [0.2, 0.25) is 0 Å². The molecule has 0 spiro atoms. The van der Waals surface area contributed by atoms with Gasteiger partial charge in [0.15, 0.2) is 4.80 Å². The summed E-state index contributed by atoms with van der Waals surface area (Å²) in [5, 5.41) is 0. The van der Waals surface area contributed by atoms with Crippen molar-refractivity contribution in [3.8, 4) is 0 Å². The minimum Gasteiger partial charge on any atom is -0.319 e. The van der Waals surface area contributed by atoms with Crippen molar-refractivity contribution in [3.63, 3.8) is 0 Å². The van der Waals surface area contributed by atoms with E-state index in [0.717, 1.165) is 16.7 Å². The quantitative estimate of drug-likeness (QED) is 0.760. The summed E-state index contributed by atoms with van der Waals surface area (Å²) >= 11 is 1.57. The first-order valence-corrected chi connectivity index (χ1v) is 6.61. The summed E-state index contributed by atoms with van der Waals surface area (Å²) in [4.78, 5) is 16.9. The van der Waals surface area contributed by atoms with Crippen molar-refractivity contribution in [3.05, 3.63) is 29.1 Å². The van der Waals surface area contributed by atoms with Gasteiger partial charge in [-0.05, 0) is 24.5 Å². The Bertz CT molecular complexity index is 653. The lowest BCUT2D eigenvalue weighted by Crippen LogP contribution is -2.14.